The Kier molecular flexibility index (Phi) is 7.18. The SMILES string of the molecule is CC(C)(C)S(=O)(=O)C[C@@H](Cc1ccccc1)C(=O)N[C@@H](Cc1ncc[nH]1)C(=O)O. The van der Waals surface area contributed by atoms with Crippen molar-refractivity contribution < 1.29 is 23.1 Å². The summed E-state index contributed by atoms with van der Waals surface area (Å²) in [6.07, 6.45) is 3.21. The lowest BCUT2D eigenvalue weighted by atomic mass is 9.99. The van der Waals surface area contributed by atoms with Gasteiger partial charge in [0, 0.05) is 18.8 Å². The van der Waals surface area contributed by atoms with Gasteiger partial charge in [0.15, 0.2) is 9.84 Å². The minimum absolute atomic E-state index is 0.0296. The average Bonchev–Trinajstić information content (AvgIpc) is 3.13. The first-order valence-electron chi connectivity index (χ1n) is 9.27. The summed E-state index contributed by atoms with van der Waals surface area (Å²) < 4.78 is 24.4. The smallest absolute Gasteiger partial charge is 0.326 e. The van der Waals surface area contributed by atoms with Crippen LogP contribution >= 0.6 is 0 Å². The predicted molar refractivity (Wildman–Crippen MR) is 109 cm³/mol. The molecule has 1 amide bonds. The summed E-state index contributed by atoms with van der Waals surface area (Å²) in [4.78, 5) is 31.3. The Labute approximate surface area is 170 Å². The molecule has 2 rings (SSSR count). The number of imidazole rings is 1. The standard InChI is InChI=1S/C20H27N3O5S/c1-20(2,3)29(27,28)13-15(11-14-7-5-4-6-8-14)18(24)23-16(19(25)26)12-17-21-9-10-22-17/h4-10,15-16H,11-13H2,1-3H3,(H,21,22)(H,23,24)(H,25,26)/t15-,16+/m1/s1. The topological polar surface area (TPSA) is 129 Å². The molecule has 1 aromatic carbocycles. The normalized spacial score (nSPS) is 14.2. The Morgan fingerprint density at radius 1 is 1.17 bits per heavy atom. The highest BCUT2D eigenvalue weighted by Crippen LogP contribution is 2.21. The molecule has 2 atom stereocenters. The Morgan fingerprint density at radius 2 is 1.83 bits per heavy atom. The van der Waals surface area contributed by atoms with Crippen molar-refractivity contribution in [3.8, 4) is 0 Å². The van der Waals surface area contributed by atoms with Crippen molar-refractivity contribution in [1.82, 2.24) is 15.3 Å². The van der Waals surface area contributed by atoms with Crippen LogP contribution in [-0.4, -0.2) is 51.9 Å². The molecule has 0 saturated heterocycles. The van der Waals surface area contributed by atoms with Crippen LogP contribution in [0.2, 0.25) is 0 Å². The lowest BCUT2D eigenvalue weighted by molar-refractivity contribution is -0.142. The van der Waals surface area contributed by atoms with Crippen molar-refractivity contribution in [1.29, 1.82) is 0 Å². The number of hydrogen-bond donors (Lipinski definition) is 3. The third-order valence-electron chi connectivity index (χ3n) is 4.62. The van der Waals surface area contributed by atoms with Gasteiger partial charge in [-0.05, 0) is 32.8 Å². The van der Waals surface area contributed by atoms with Gasteiger partial charge in [-0.1, -0.05) is 30.3 Å². The third-order valence-corrected chi connectivity index (χ3v) is 7.32. The minimum atomic E-state index is -3.59. The number of H-pyrrole nitrogens is 1. The second kappa shape index (κ2) is 9.21. The van der Waals surface area contributed by atoms with Crippen LogP contribution in [-0.2, 0) is 32.3 Å². The number of aromatic amines is 1. The molecule has 0 saturated carbocycles. The molecule has 2 aromatic rings. The molecule has 0 aliphatic heterocycles. The summed E-state index contributed by atoms with van der Waals surface area (Å²) in [5.41, 5.74) is 0.801. The molecule has 0 radical (unpaired) electrons. The fraction of sp³-hybridized carbons (Fsp3) is 0.450. The second-order valence-electron chi connectivity index (χ2n) is 7.92. The number of carbonyl (C=O) groups excluding carboxylic acids is 1. The second-order valence-corrected chi connectivity index (χ2v) is 10.7. The molecule has 0 spiro atoms. The van der Waals surface area contributed by atoms with Crippen molar-refractivity contribution in [3.63, 3.8) is 0 Å². The van der Waals surface area contributed by atoms with E-state index in [2.05, 4.69) is 15.3 Å². The number of aromatic nitrogens is 2. The highest BCUT2D eigenvalue weighted by Gasteiger charge is 2.35. The van der Waals surface area contributed by atoms with E-state index in [1.54, 1.807) is 39.1 Å². The zero-order valence-corrected chi connectivity index (χ0v) is 17.6. The quantitative estimate of drug-likeness (QED) is 0.564. The van der Waals surface area contributed by atoms with E-state index < -0.39 is 38.4 Å². The van der Waals surface area contributed by atoms with Crippen LogP contribution in [0, 0.1) is 5.92 Å². The predicted octanol–water partition coefficient (Wildman–Crippen LogP) is 1.59. The number of nitrogens with one attached hydrogen (secondary N) is 2. The number of rotatable bonds is 9. The fourth-order valence-corrected chi connectivity index (χ4v) is 4.03. The number of carbonyl (C=O) groups is 2. The van der Waals surface area contributed by atoms with Crippen molar-refractivity contribution in [2.45, 2.75) is 44.4 Å². The van der Waals surface area contributed by atoms with Gasteiger partial charge in [0.1, 0.15) is 11.9 Å². The number of nitrogens with zero attached hydrogens (tertiary/aromatic N) is 1. The maximum Gasteiger partial charge on any atom is 0.326 e. The first-order chi connectivity index (χ1) is 13.5. The van der Waals surface area contributed by atoms with Gasteiger partial charge >= 0.3 is 5.97 Å². The molecule has 29 heavy (non-hydrogen) atoms. The van der Waals surface area contributed by atoms with Crippen molar-refractivity contribution in [3.05, 3.63) is 54.1 Å². The summed E-state index contributed by atoms with van der Waals surface area (Å²) in [6.45, 7) is 4.74. The van der Waals surface area contributed by atoms with Gasteiger partial charge in [-0.3, -0.25) is 4.79 Å². The van der Waals surface area contributed by atoms with E-state index in [4.69, 9.17) is 0 Å². The van der Waals surface area contributed by atoms with E-state index in [1.165, 1.54) is 6.20 Å². The molecule has 3 N–H and O–H groups in total. The summed E-state index contributed by atoms with van der Waals surface area (Å²) in [5, 5.41) is 12.0. The van der Waals surface area contributed by atoms with Crippen molar-refractivity contribution in [2.75, 3.05) is 5.75 Å². The summed E-state index contributed by atoms with van der Waals surface area (Å²) >= 11 is 0. The van der Waals surface area contributed by atoms with Crippen LogP contribution in [0.4, 0.5) is 0 Å². The van der Waals surface area contributed by atoms with Gasteiger partial charge in [0.2, 0.25) is 5.91 Å². The van der Waals surface area contributed by atoms with Crippen molar-refractivity contribution >= 4 is 21.7 Å². The van der Waals surface area contributed by atoms with Crippen molar-refractivity contribution in [2.24, 2.45) is 5.92 Å². The van der Waals surface area contributed by atoms with Crippen LogP contribution in [0.3, 0.4) is 0 Å². The number of benzene rings is 1. The molecule has 0 aliphatic carbocycles. The van der Waals surface area contributed by atoms with E-state index in [1.807, 2.05) is 18.2 Å². The summed E-state index contributed by atoms with van der Waals surface area (Å²) in [6, 6.07) is 7.83. The summed E-state index contributed by atoms with van der Waals surface area (Å²) in [5.74, 6) is -2.70. The van der Waals surface area contributed by atoms with E-state index in [-0.39, 0.29) is 18.6 Å². The summed E-state index contributed by atoms with van der Waals surface area (Å²) in [7, 11) is -3.59. The highest BCUT2D eigenvalue weighted by molar-refractivity contribution is 7.92. The molecule has 158 valence electrons. The van der Waals surface area contributed by atoms with Crippen LogP contribution in [0.25, 0.3) is 0 Å². The number of amides is 1. The number of hydrogen-bond acceptors (Lipinski definition) is 5. The van der Waals surface area contributed by atoms with Gasteiger partial charge in [-0.15, -0.1) is 0 Å². The number of carboxylic acid groups (broad SMARTS) is 1. The number of aliphatic carboxylic acids is 1. The first kappa shape index (κ1) is 22.6. The zero-order chi connectivity index (χ0) is 21.7. The van der Waals surface area contributed by atoms with Crippen LogP contribution in [0.15, 0.2) is 42.7 Å². The number of sulfone groups is 1. The monoisotopic (exact) mass is 421 g/mol. The van der Waals surface area contributed by atoms with Crippen LogP contribution in [0.5, 0.6) is 0 Å². The molecule has 0 bridgehead atoms. The first-order valence-corrected chi connectivity index (χ1v) is 10.9. The lowest BCUT2D eigenvalue weighted by Gasteiger charge is -2.25. The van der Waals surface area contributed by atoms with E-state index in [0.717, 1.165) is 5.56 Å². The zero-order valence-electron chi connectivity index (χ0n) is 16.8. The molecule has 1 heterocycles. The molecule has 0 fully saturated rings. The third kappa shape index (κ3) is 6.42. The van der Waals surface area contributed by atoms with Gasteiger partial charge in [0.05, 0.1) is 16.4 Å². The van der Waals surface area contributed by atoms with Gasteiger partial charge in [-0.2, -0.15) is 0 Å². The Morgan fingerprint density at radius 3 is 2.34 bits per heavy atom. The van der Waals surface area contributed by atoms with Gasteiger partial charge < -0.3 is 15.4 Å². The minimum Gasteiger partial charge on any atom is -0.480 e. The molecular weight excluding hydrogens is 394 g/mol. The van der Waals surface area contributed by atoms with Gasteiger partial charge in [-0.25, -0.2) is 18.2 Å². The van der Waals surface area contributed by atoms with E-state index >= 15 is 0 Å². The molecule has 8 nitrogen and oxygen atoms in total. The average molecular weight is 422 g/mol. The van der Waals surface area contributed by atoms with Crippen LogP contribution < -0.4 is 5.32 Å². The number of carboxylic acids is 1. The Balaban J connectivity index is 2.23. The lowest BCUT2D eigenvalue weighted by Crippen LogP contribution is -2.48. The largest absolute Gasteiger partial charge is 0.480 e. The molecule has 0 aliphatic rings. The van der Waals surface area contributed by atoms with E-state index in [9.17, 15) is 23.1 Å². The molecular formula is C20H27N3O5S. The molecule has 9 heteroatoms. The maximum absolute atomic E-state index is 12.9. The molecule has 1 aromatic heterocycles. The van der Waals surface area contributed by atoms with Crippen LogP contribution in [0.1, 0.15) is 32.2 Å². The highest BCUT2D eigenvalue weighted by atomic mass is 32.2. The van der Waals surface area contributed by atoms with E-state index in [0.29, 0.717) is 5.82 Å². The fourth-order valence-electron chi connectivity index (χ4n) is 2.73. The van der Waals surface area contributed by atoms with Gasteiger partial charge in [0.25, 0.3) is 0 Å². The Hall–Kier alpha value is -2.68. The Bertz CT molecular complexity index is 919. The maximum atomic E-state index is 12.9. The molecule has 0 unspecified atom stereocenters.